The molecular formula is C9H14N2O2. The third-order valence-corrected chi connectivity index (χ3v) is 2.16. The van der Waals surface area contributed by atoms with E-state index in [0.29, 0.717) is 0 Å². The molecule has 0 fully saturated rings. The number of allylic oxidation sites excluding steroid dienone is 2. The number of nitrogens with zero attached hydrogens (tertiary/aromatic N) is 2. The van der Waals surface area contributed by atoms with E-state index in [9.17, 15) is 10.1 Å². The Hall–Kier alpha value is -1.32. The third kappa shape index (κ3) is 2.08. The summed E-state index contributed by atoms with van der Waals surface area (Å²) in [4.78, 5) is 12.3. The molecule has 4 heteroatoms. The second-order valence-corrected chi connectivity index (χ2v) is 3.10. The van der Waals surface area contributed by atoms with Gasteiger partial charge in [-0.05, 0) is 19.4 Å². The molecule has 0 saturated carbocycles. The first kappa shape index (κ1) is 9.77. The van der Waals surface area contributed by atoms with E-state index in [2.05, 4.69) is 6.92 Å². The van der Waals surface area contributed by atoms with Gasteiger partial charge in [-0.3, -0.25) is 10.1 Å². The summed E-state index contributed by atoms with van der Waals surface area (Å²) < 4.78 is 0. The van der Waals surface area contributed by atoms with E-state index in [1.54, 1.807) is 12.2 Å². The maximum Gasteiger partial charge on any atom is 0.268 e. The second kappa shape index (κ2) is 4.07. The maximum atomic E-state index is 10.6. The van der Waals surface area contributed by atoms with Crippen molar-refractivity contribution in [3.05, 3.63) is 34.2 Å². The fraction of sp³-hybridized carbons (Fsp3) is 0.556. The maximum absolute atomic E-state index is 10.6. The summed E-state index contributed by atoms with van der Waals surface area (Å²) in [5, 5.41) is 10.6. The van der Waals surface area contributed by atoms with Crippen LogP contribution in [0.25, 0.3) is 0 Å². The van der Waals surface area contributed by atoms with Crippen LogP contribution in [-0.4, -0.2) is 22.4 Å². The van der Waals surface area contributed by atoms with E-state index >= 15 is 0 Å². The Balaban J connectivity index is 2.74. The van der Waals surface area contributed by atoms with Crippen molar-refractivity contribution in [1.29, 1.82) is 0 Å². The Morgan fingerprint density at radius 1 is 1.69 bits per heavy atom. The molecule has 1 heterocycles. The first-order valence-electron chi connectivity index (χ1n) is 4.45. The van der Waals surface area contributed by atoms with Crippen molar-refractivity contribution in [3.63, 3.8) is 0 Å². The zero-order chi connectivity index (χ0) is 9.84. The molecule has 1 unspecified atom stereocenters. The molecule has 1 rings (SSSR count). The molecule has 0 aromatic carbocycles. The predicted molar refractivity (Wildman–Crippen MR) is 50.7 cm³/mol. The molecule has 0 radical (unpaired) electrons. The Kier molecular flexibility index (Phi) is 3.06. The summed E-state index contributed by atoms with van der Waals surface area (Å²) in [6.07, 6.45) is 6.20. The van der Waals surface area contributed by atoms with Gasteiger partial charge in [-0.25, -0.2) is 0 Å². The Morgan fingerprint density at radius 2 is 2.38 bits per heavy atom. The third-order valence-electron chi connectivity index (χ3n) is 2.16. The SMILES string of the molecule is CCCN1C=CC=C([N+](=O)[O-])C1C. The highest BCUT2D eigenvalue weighted by molar-refractivity contribution is 5.17. The monoisotopic (exact) mass is 182 g/mol. The van der Waals surface area contributed by atoms with Crippen LogP contribution in [0.1, 0.15) is 20.3 Å². The van der Waals surface area contributed by atoms with Gasteiger partial charge < -0.3 is 4.90 Å². The van der Waals surface area contributed by atoms with Crippen molar-refractivity contribution in [2.45, 2.75) is 26.3 Å². The lowest BCUT2D eigenvalue weighted by Gasteiger charge is -2.27. The zero-order valence-corrected chi connectivity index (χ0v) is 7.93. The van der Waals surface area contributed by atoms with Gasteiger partial charge in [-0.1, -0.05) is 6.92 Å². The summed E-state index contributed by atoms with van der Waals surface area (Å²) in [5.74, 6) is 0. The van der Waals surface area contributed by atoms with E-state index in [0.717, 1.165) is 13.0 Å². The highest BCUT2D eigenvalue weighted by atomic mass is 16.6. The molecule has 0 aliphatic carbocycles. The van der Waals surface area contributed by atoms with Crippen LogP contribution in [0, 0.1) is 10.1 Å². The van der Waals surface area contributed by atoms with E-state index < -0.39 is 0 Å². The van der Waals surface area contributed by atoms with Gasteiger partial charge in [0, 0.05) is 18.8 Å². The summed E-state index contributed by atoms with van der Waals surface area (Å²) in [5.41, 5.74) is 0.274. The van der Waals surface area contributed by atoms with E-state index in [-0.39, 0.29) is 16.7 Å². The first-order chi connectivity index (χ1) is 6.16. The summed E-state index contributed by atoms with van der Waals surface area (Å²) in [6.45, 7) is 4.78. The smallest absolute Gasteiger partial charge is 0.268 e. The Labute approximate surface area is 77.7 Å². The van der Waals surface area contributed by atoms with Crippen LogP contribution < -0.4 is 0 Å². The van der Waals surface area contributed by atoms with Gasteiger partial charge in [0.1, 0.15) is 6.04 Å². The van der Waals surface area contributed by atoms with Crippen LogP contribution in [0.3, 0.4) is 0 Å². The molecule has 0 saturated heterocycles. The fourth-order valence-electron chi connectivity index (χ4n) is 1.43. The number of hydrogen-bond acceptors (Lipinski definition) is 3. The molecule has 72 valence electrons. The lowest BCUT2D eigenvalue weighted by Crippen LogP contribution is -2.34. The summed E-state index contributed by atoms with van der Waals surface area (Å²) >= 11 is 0. The van der Waals surface area contributed by atoms with Crippen LogP contribution in [0.15, 0.2) is 24.0 Å². The highest BCUT2D eigenvalue weighted by Gasteiger charge is 2.25. The molecule has 4 nitrogen and oxygen atoms in total. The van der Waals surface area contributed by atoms with Crippen molar-refractivity contribution in [2.24, 2.45) is 0 Å². The molecular weight excluding hydrogens is 168 g/mol. The van der Waals surface area contributed by atoms with Crippen LogP contribution in [-0.2, 0) is 0 Å². The highest BCUT2D eigenvalue weighted by Crippen LogP contribution is 2.16. The lowest BCUT2D eigenvalue weighted by atomic mass is 10.1. The van der Waals surface area contributed by atoms with Crippen molar-refractivity contribution in [3.8, 4) is 0 Å². The second-order valence-electron chi connectivity index (χ2n) is 3.10. The normalized spacial score (nSPS) is 21.5. The van der Waals surface area contributed by atoms with Gasteiger partial charge in [-0.2, -0.15) is 0 Å². The van der Waals surface area contributed by atoms with E-state index in [4.69, 9.17) is 0 Å². The molecule has 1 aliphatic heterocycles. The summed E-state index contributed by atoms with van der Waals surface area (Å²) in [7, 11) is 0. The molecule has 0 aromatic heterocycles. The average molecular weight is 182 g/mol. The summed E-state index contributed by atoms with van der Waals surface area (Å²) in [6, 6.07) is -0.111. The van der Waals surface area contributed by atoms with Crippen molar-refractivity contribution in [2.75, 3.05) is 6.54 Å². The van der Waals surface area contributed by atoms with Crippen LogP contribution in [0.2, 0.25) is 0 Å². The van der Waals surface area contributed by atoms with Crippen LogP contribution in [0.5, 0.6) is 0 Å². The van der Waals surface area contributed by atoms with Gasteiger partial charge in [-0.15, -0.1) is 0 Å². The Morgan fingerprint density at radius 3 is 2.92 bits per heavy atom. The molecule has 1 aliphatic rings. The molecule has 0 bridgehead atoms. The molecule has 0 aromatic rings. The van der Waals surface area contributed by atoms with E-state index in [1.165, 1.54) is 0 Å². The molecule has 0 N–H and O–H groups in total. The minimum absolute atomic E-state index is 0.111. The number of hydrogen-bond donors (Lipinski definition) is 0. The standard InChI is InChI=1S/C9H14N2O2/c1-3-6-10-7-4-5-9(8(10)2)11(12)13/h4-5,7-8H,3,6H2,1-2H3. The lowest BCUT2D eigenvalue weighted by molar-refractivity contribution is -0.432. The van der Waals surface area contributed by atoms with Gasteiger partial charge >= 0.3 is 0 Å². The molecule has 0 spiro atoms. The average Bonchev–Trinajstić information content (AvgIpc) is 2.08. The van der Waals surface area contributed by atoms with Crippen molar-refractivity contribution in [1.82, 2.24) is 4.90 Å². The zero-order valence-electron chi connectivity index (χ0n) is 7.93. The first-order valence-corrected chi connectivity index (χ1v) is 4.45. The number of nitro groups is 1. The fourth-order valence-corrected chi connectivity index (χ4v) is 1.43. The molecule has 1 atom stereocenters. The predicted octanol–water partition coefficient (Wildman–Crippen LogP) is 1.77. The van der Waals surface area contributed by atoms with Crippen LogP contribution >= 0.6 is 0 Å². The number of rotatable bonds is 3. The largest absolute Gasteiger partial charge is 0.365 e. The minimum atomic E-state index is -0.309. The van der Waals surface area contributed by atoms with E-state index in [1.807, 2.05) is 18.0 Å². The van der Waals surface area contributed by atoms with Crippen molar-refractivity contribution >= 4 is 0 Å². The molecule has 0 amide bonds. The van der Waals surface area contributed by atoms with Crippen LogP contribution in [0.4, 0.5) is 0 Å². The van der Waals surface area contributed by atoms with Gasteiger partial charge in [0.15, 0.2) is 0 Å². The molecule has 13 heavy (non-hydrogen) atoms. The van der Waals surface area contributed by atoms with Gasteiger partial charge in [0.25, 0.3) is 5.70 Å². The Bertz CT molecular complexity index is 258. The quantitative estimate of drug-likeness (QED) is 0.493. The van der Waals surface area contributed by atoms with Crippen molar-refractivity contribution < 1.29 is 4.92 Å². The van der Waals surface area contributed by atoms with Gasteiger partial charge in [0.05, 0.1) is 4.92 Å². The topological polar surface area (TPSA) is 46.4 Å². The van der Waals surface area contributed by atoms with Gasteiger partial charge in [0.2, 0.25) is 0 Å². The minimum Gasteiger partial charge on any atom is -0.365 e.